The summed E-state index contributed by atoms with van der Waals surface area (Å²) in [6, 6.07) is 7.11. The van der Waals surface area contributed by atoms with Crippen LogP contribution in [0.25, 0.3) is 0 Å². The van der Waals surface area contributed by atoms with Gasteiger partial charge >= 0.3 is 5.69 Å². The minimum absolute atomic E-state index is 0.0194. The predicted molar refractivity (Wildman–Crippen MR) is 114 cm³/mol. The van der Waals surface area contributed by atoms with E-state index in [0.717, 1.165) is 0 Å². The van der Waals surface area contributed by atoms with Crippen molar-refractivity contribution in [3.8, 4) is 23.0 Å². The molecule has 12 nitrogen and oxygen atoms in total. The zero-order valence-electron chi connectivity index (χ0n) is 17.8. The maximum Gasteiger partial charge on any atom is 0.311 e. The molecule has 0 aliphatic heterocycles. The van der Waals surface area contributed by atoms with Crippen molar-refractivity contribution < 1.29 is 33.5 Å². The Labute approximate surface area is 183 Å². The first-order valence-electron chi connectivity index (χ1n) is 9.07. The van der Waals surface area contributed by atoms with Crippen molar-refractivity contribution in [3.63, 3.8) is 0 Å². The number of carbonyl (C=O) groups is 2. The summed E-state index contributed by atoms with van der Waals surface area (Å²) in [5.41, 5.74) is 2.45. The number of ether oxygens (including phenoxy) is 4. The van der Waals surface area contributed by atoms with Crippen LogP contribution >= 0.6 is 0 Å². The van der Waals surface area contributed by atoms with E-state index >= 15 is 0 Å². The third kappa shape index (κ3) is 5.84. The number of hydrazone groups is 1. The molecular weight excluding hydrogens is 424 g/mol. The molecule has 0 saturated carbocycles. The number of nitro benzene ring substituents is 1. The molecule has 0 saturated heterocycles. The number of nitrogens with one attached hydrogen (secondary N) is 2. The van der Waals surface area contributed by atoms with Gasteiger partial charge in [0.05, 0.1) is 46.1 Å². The molecule has 0 unspecified atom stereocenters. The molecular formula is C20H22N4O8. The molecule has 0 spiro atoms. The Balaban J connectivity index is 2.00. The lowest BCUT2D eigenvalue weighted by molar-refractivity contribution is -0.385. The molecule has 0 heterocycles. The molecule has 0 atom stereocenters. The number of hydrogen-bond acceptors (Lipinski definition) is 9. The molecule has 0 bridgehead atoms. The Morgan fingerprint density at radius 1 is 0.969 bits per heavy atom. The van der Waals surface area contributed by atoms with E-state index in [1.54, 1.807) is 6.07 Å². The van der Waals surface area contributed by atoms with Gasteiger partial charge in [0.15, 0.2) is 11.5 Å². The van der Waals surface area contributed by atoms with Gasteiger partial charge in [0.2, 0.25) is 5.75 Å². The van der Waals surface area contributed by atoms with Crippen LogP contribution in [0, 0.1) is 10.1 Å². The van der Waals surface area contributed by atoms with Gasteiger partial charge in [-0.2, -0.15) is 5.10 Å². The third-order valence-corrected chi connectivity index (χ3v) is 4.18. The number of rotatable bonds is 10. The Bertz CT molecular complexity index is 1040. The summed E-state index contributed by atoms with van der Waals surface area (Å²) in [6.45, 7) is -0.357. The van der Waals surface area contributed by atoms with Crippen LogP contribution in [0.15, 0.2) is 35.4 Å². The number of carbonyl (C=O) groups excluding carboxylic acids is 2. The molecule has 2 rings (SSSR count). The van der Waals surface area contributed by atoms with Crippen LogP contribution in [0.4, 0.5) is 5.69 Å². The standard InChI is InChI=1S/C20H22N4O8/c1-29-15-6-5-12(8-18(15)32-4)20(26)21-11-19(25)23-22-10-13-7-14(24(27)28)17(31-3)9-16(13)30-2/h5-10H,11H2,1-4H3,(H,21,26)(H,23,25). The molecule has 2 aromatic carbocycles. The van der Waals surface area contributed by atoms with Gasteiger partial charge in [-0.05, 0) is 18.2 Å². The normalized spacial score (nSPS) is 10.4. The van der Waals surface area contributed by atoms with Crippen LogP contribution < -0.4 is 29.7 Å². The first-order chi connectivity index (χ1) is 15.3. The maximum atomic E-state index is 12.2. The lowest BCUT2D eigenvalue weighted by Gasteiger charge is -2.10. The first kappa shape index (κ1) is 23.9. The molecule has 32 heavy (non-hydrogen) atoms. The fourth-order valence-corrected chi connectivity index (χ4v) is 2.60. The molecule has 0 aliphatic rings. The van der Waals surface area contributed by atoms with Gasteiger partial charge in [0.25, 0.3) is 11.8 Å². The predicted octanol–water partition coefficient (Wildman–Crippen LogP) is 1.51. The largest absolute Gasteiger partial charge is 0.496 e. The van der Waals surface area contributed by atoms with E-state index in [4.69, 9.17) is 18.9 Å². The van der Waals surface area contributed by atoms with Crippen molar-refractivity contribution in [2.75, 3.05) is 35.0 Å². The number of benzene rings is 2. The Kier molecular flexibility index (Phi) is 8.34. The van der Waals surface area contributed by atoms with Gasteiger partial charge in [-0.1, -0.05) is 0 Å². The van der Waals surface area contributed by atoms with E-state index in [2.05, 4.69) is 15.8 Å². The second kappa shape index (κ2) is 11.2. The highest BCUT2D eigenvalue weighted by molar-refractivity contribution is 5.97. The summed E-state index contributed by atoms with van der Waals surface area (Å²) in [6.07, 6.45) is 1.18. The highest BCUT2D eigenvalue weighted by Crippen LogP contribution is 2.33. The maximum absolute atomic E-state index is 12.2. The topological polar surface area (TPSA) is 151 Å². The zero-order valence-corrected chi connectivity index (χ0v) is 17.8. The van der Waals surface area contributed by atoms with Crippen molar-refractivity contribution in [3.05, 3.63) is 51.6 Å². The van der Waals surface area contributed by atoms with Gasteiger partial charge in [-0.3, -0.25) is 19.7 Å². The van der Waals surface area contributed by atoms with Crippen molar-refractivity contribution in [1.82, 2.24) is 10.7 Å². The van der Waals surface area contributed by atoms with Crippen molar-refractivity contribution >= 4 is 23.7 Å². The minimum atomic E-state index is -0.614. The number of methoxy groups -OCH3 is 4. The van der Waals surface area contributed by atoms with Crippen LogP contribution in [0.2, 0.25) is 0 Å². The second-order valence-corrected chi connectivity index (χ2v) is 6.07. The highest BCUT2D eigenvalue weighted by Gasteiger charge is 2.19. The zero-order chi connectivity index (χ0) is 23.7. The molecule has 0 aromatic heterocycles. The van der Waals surface area contributed by atoms with Crippen molar-refractivity contribution in [2.24, 2.45) is 5.10 Å². The van der Waals surface area contributed by atoms with Crippen LogP contribution in [-0.2, 0) is 4.79 Å². The van der Waals surface area contributed by atoms with Crippen LogP contribution in [0.5, 0.6) is 23.0 Å². The monoisotopic (exact) mass is 446 g/mol. The van der Waals surface area contributed by atoms with Crippen LogP contribution in [0.3, 0.4) is 0 Å². The van der Waals surface area contributed by atoms with E-state index in [-0.39, 0.29) is 34.9 Å². The van der Waals surface area contributed by atoms with E-state index in [1.807, 2.05) is 0 Å². The molecule has 170 valence electrons. The second-order valence-electron chi connectivity index (χ2n) is 6.07. The number of nitrogens with zero attached hydrogens (tertiary/aromatic N) is 2. The fraction of sp³-hybridized carbons (Fsp3) is 0.250. The molecule has 0 aliphatic carbocycles. The smallest absolute Gasteiger partial charge is 0.311 e. The van der Waals surface area contributed by atoms with Crippen LogP contribution in [-0.4, -0.2) is 57.9 Å². The average Bonchev–Trinajstić information content (AvgIpc) is 2.81. The molecule has 12 heteroatoms. The van der Waals surface area contributed by atoms with E-state index in [9.17, 15) is 19.7 Å². The van der Waals surface area contributed by atoms with E-state index in [1.165, 1.54) is 58.9 Å². The SMILES string of the molecule is COc1cc(OC)c([N+](=O)[O-])cc1C=NNC(=O)CNC(=O)c1ccc(OC)c(OC)c1. The summed E-state index contributed by atoms with van der Waals surface area (Å²) in [4.78, 5) is 34.8. The first-order valence-corrected chi connectivity index (χ1v) is 9.07. The quantitative estimate of drug-likeness (QED) is 0.317. The minimum Gasteiger partial charge on any atom is -0.496 e. The summed E-state index contributed by atoms with van der Waals surface area (Å²) in [7, 11) is 5.59. The van der Waals surface area contributed by atoms with Gasteiger partial charge in [0, 0.05) is 23.3 Å². The Hall–Kier alpha value is -4.35. The Morgan fingerprint density at radius 3 is 2.22 bits per heavy atom. The summed E-state index contributed by atoms with van der Waals surface area (Å²) in [5.74, 6) is -0.00485. The summed E-state index contributed by atoms with van der Waals surface area (Å²) in [5, 5.41) is 17.4. The van der Waals surface area contributed by atoms with Gasteiger partial charge in [-0.15, -0.1) is 0 Å². The molecule has 0 fully saturated rings. The number of nitro groups is 1. The highest BCUT2D eigenvalue weighted by atomic mass is 16.6. The van der Waals surface area contributed by atoms with Gasteiger partial charge in [0.1, 0.15) is 5.75 Å². The van der Waals surface area contributed by atoms with Gasteiger partial charge < -0.3 is 24.3 Å². The Morgan fingerprint density at radius 2 is 1.62 bits per heavy atom. The fourth-order valence-electron chi connectivity index (χ4n) is 2.60. The average molecular weight is 446 g/mol. The lowest BCUT2D eigenvalue weighted by Crippen LogP contribution is -2.34. The van der Waals surface area contributed by atoms with Crippen molar-refractivity contribution in [1.29, 1.82) is 0 Å². The number of amides is 2. The summed E-state index contributed by atoms with van der Waals surface area (Å²) >= 11 is 0. The molecule has 0 radical (unpaired) electrons. The van der Waals surface area contributed by atoms with Crippen molar-refractivity contribution in [2.45, 2.75) is 0 Å². The lowest BCUT2D eigenvalue weighted by atomic mass is 10.1. The van der Waals surface area contributed by atoms with Crippen LogP contribution in [0.1, 0.15) is 15.9 Å². The third-order valence-electron chi connectivity index (χ3n) is 4.18. The molecule has 2 aromatic rings. The van der Waals surface area contributed by atoms with E-state index in [0.29, 0.717) is 11.5 Å². The summed E-state index contributed by atoms with van der Waals surface area (Å²) < 4.78 is 20.4. The van der Waals surface area contributed by atoms with E-state index < -0.39 is 16.7 Å². The number of hydrogen-bond donors (Lipinski definition) is 2. The van der Waals surface area contributed by atoms with Gasteiger partial charge in [-0.25, -0.2) is 5.43 Å². The molecule has 2 N–H and O–H groups in total. The molecule has 2 amide bonds.